The molecule has 1 saturated carbocycles. The third-order valence-electron chi connectivity index (χ3n) is 5.06. The zero-order valence-electron chi connectivity index (χ0n) is 16.4. The molecule has 2 unspecified atom stereocenters. The number of hydrogen-bond donors (Lipinski definition) is 1. The van der Waals surface area contributed by atoms with Gasteiger partial charge >= 0.3 is 6.18 Å². The van der Waals surface area contributed by atoms with Crippen molar-refractivity contribution < 1.29 is 22.8 Å². The van der Waals surface area contributed by atoms with Crippen LogP contribution in [0.2, 0.25) is 20.1 Å². The van der Waals surface area contributed by atoms with E-state index in [4.69, 9.17) is 69.6 Å². The Hall–Kier alpha value is -0.890. The second-order valence-corrected chi connectivity index (χ2v) is 10.7. The lowest BCUT2D eigenvalue weighted by Crippen LogP contribution is -2.18. The summed E-state index contributed by atoms with van der Waals surface area (Å²) >= 11 is 36.9. The molecule has 12 heteroatoms. The Labute approximate surface area is 217 Å². The van der Waals surface area contributed by atoms with Crippen molar-refractivity contribution in [1.29, 1.82) is 0 Å². The van der Waals surface area contributed by atoms with E-state index in [0.717, 1.165) is 0 Å². The van der Waals surface area contributed by atoms with Gasteiger partial charge in [0.1, 0.15) is 4.33 Å². The molecule has 0 radical (unpaired) electrons. The number of ketones is 1. The molecular weight excluding hydrogens is 568 g/mol. The first kappa shape index (κ1) is 26.7. The molecule has 1 fully saturated rings. The summed E-state index contributed by atoms with van der Waals surface area (Å²) in [5.74, 6) is -2.68. The van der Waals surface area contributed by atoms with Crippen molar-refractivity contribution in [3.8, 4) is 0 Å². The van der Waals surface area contributed by atoms with Crippen molar-refractivity contribution in [1.82, 2.24) is 0 Å². The molecular formula is C21H14Cl6F3NO2. The molecule has 0 aromatic heterocycles. The SMILES string of the molecule is O=C(CCCC(F)(F)F)c1cc(NC(=O)C2C(c3cc(Cl)cc(Cl)c3)C2(Cl)Cl)c(Cl)cc1Cl. The molecule has 1 aliphatic rings. The lowest BCUT2D eigenvalue weighted by molar-refractivity contribution is -0.135. The molecule has 1 N–H and O–H groups in total. The molecule has 0 heterocycles. The van der Waals surface area contributed by atoms with E-state index in [9.17, 15) is 22.8 Å². The van der Waals surface area contributed by atoms with Crippen molar-refractivity contribution in [3.63, 3.8) is 0 Å². The summed E-state index contributed by atoms with van der Waals surface area (Å²) < 4.78 is 35.6. The summed E-state index contributed by atoms with van der Waals surface area (Å²) in [5.41, 5.74) is 0.556. The van der Waals surface area contributed by atoms with Crippen LogP contribution in [-0.2, 0) is 4.79 Å². The Morgan fingerprint density at radius 1 is 0.939 bits per heavy atom. The molecule has 2 aromatic carbocycles. The first-order valence-corrected chi connectivity index (χ1v) is 11.7. The van der Waals surface area contributed by atoms with Gasteiger partial charge in [-0.3, -0.25) is 9.59 Å². The fraction of sp³-hybridized carbons (Fsp3) is 0.333. The average molecular weight is 582 g/mol. The second-order valence-electron chi connectivity index (χ2n) is 7.53. The van der Waals surface area contributed by atoms with Gasteiger partial charge in [-0.15, -0.1) is 23.2 Å². The van der Waals surface area contributed by atoms with Gasteiger partial charge in [0.2, 0.25) is 5.91 Å². The first-order chi connectivity index (χ1) is 15.2. The number of benzene rings is 2. The normalized spacial score (nSPS) is 19.3. The summed E-state index contributed by atoms with van der Waals surface area (Å²) in [6.07, 6.45) is -6.23. The second kappa shape index (κ2) is 10.00. The molecule has 3 nitrogen and oxygen atoms in total. The number of Topliss-reactive ketones (excluding diaryl/α,β-unsaturated/α-hetero) is 1. The largest absolute Gasteiger partial charge is 0.389 e. The number of alkyl halides is 5. The van der Waals surface area contributed by atoms with E-state index in [1.165, 1.54) is 18.2 Å². The number of hydrogen-bond acceptors (Lipinski definition) is 2. The standard InChI is InChI=1S/C21H14Cl6F3NO2/c22-10-4-9(5-11(23)6-10)17-18(21(17,26)27)19(33)31-15-7-12(13(24)8-14(15)25)16(32)2-1-3-20(28,29)30/h4-8,17-18H,1-3H2,(H,31,33). The monoisotopic (exact) mass is 579 g/mol. The van der Waals surface area contributed by atoms with Crippen LogP contribution in [0.1, 0.15) is 41.1 Å². The fourth-order valence-corrected chi connectivity index (χ4v) is 5.38. The number of anilines is 1. The highest BCUT2D eigenvalue weighted by Gasteiger charge is 2.67. The molecule has 0 saturated heterocycles. The van der Waals surface area contributed by atoms with Crippen LogP contribution < -0.4 is 5.32 Å². The fourth-order valence-electron chi connectivity index (χ4n) is 3.48. The maximum Gasteiger partial charge on any atom is 0.389 e. The van der Waals surface area contributed by atoms with E-state index in [1.807, 2.05) is 0 Å². The Kier molecular flexibility index (Phi) is 8.09. The minimum absolute atomic E-state index is 0.0259. The predicted molar refractivity (Wildman–Crippen MR) is 126 cm³/mol. The Morgan fingerprint density at radius 3 is 2.12 bits per heavy atom. The van der Waals surface area contributed by atoms with Gasteiger partial charge in [-0.1, -0.05) is 46.4 Å². The smallest absolute Gasteiger partial charge is 0.324 e. The minimum Gasteiger partial charge on any atom is -0.324 e. The lowest BCUT2D eigenvalue weighted by atomic mass is 10.0. The Bertz CT molecular complexity index is 1090. The molecule has 0 bridgehead atoms. The number of amides is 1. The number of nitrogens with one attached hydrogen (secondary N) is 1. The molecule has 2 aromatic rings. The van der Waals surface area contributed by atoms with Crippen molar-refractivity contribution in [2.75, 3.05) is 5.32 Å². The van der Waals surface area contributed by atoms with Gasteiger partial charge in [0.15, 0.2) is 5.78 Å². The number of halogens is 9. The summed E-state index contributed by atoms with van der Waals surface area (Å²) in [6.45, 7) is 0. The third kappa shape index (κ3) is 6.41. The zero-order chi connectivity index (χ0) is 24.7. The summed E-state index contributed by atoms with van der Waals surface area (Å²) in [7, 11) is 0. The van der Waals surface area contributed by atoms with E-state index >= 15 is 0 Å². The summed E-state index contributed by atoms with van der Waals surface area (Å²) in [5, 5.41) is 3.24. The first-order valence-electron chi connectivity index (χ1n) is 9.44. The number of carbonyl (C=O) groups is 2. The number of rotatable bonds is 7. The molecule has 1 amide bonds. The van der Waals surface area contributed by atoms with E-state index < -0.39 is 46.9 Å². The highest BCUT2D eigenvalue weighted by molar-refractivity contribution is 6.53. The van der Waals surface area contributed by atoms with Gasteiger partial charge in [-0.05, 0) is 42.3 Å². The molecule has 33 heavy (non-hydrogen) atoms. The molecule has 0 aliphatic heterocycles. The van der Waals surface area contributed by atoms with Crippen LogP contribution in [0, 0.1) is 5.92 Å². The van der Waals surface area contributed by atoms with Crippen LogP contribution in [-0.4, -0.2) is 22.2 Å². The Balaban J connectivity index is 1.77. The van der Waals surface area contributed by atoms with Crippen molar-refractivity contribution in [2.24, 2.45) is 5.92 Å². The number of carbonyl (C=O) groups excluding carboxylic acids is 2. The van der Waals surface area contributed by atoms with Crippen LogP contribution in [0.15, 0.2) is 30.3 Å². The predicted octanol–water partition coefficient (Wildman–Crippen LogP) is 8.74. The summed E-state index contributed by atoms with van der Waals surface area (Å²) in [6, 6.07) is 7.16. The van der Waals surface area contributed by atoms with E-state index in [-0.39, 0.29) is 27.7 Å². The zero-order valence-corrected chi connectivity index (χ0v) is 20.9. The van der Waals surface area contributed by atoms with Gasteiger partial charge in [0.25, 0.3) is 0 Å². The van der Waals surface area contributed by atoms with Crippen LogP contribution in [0.4, 0.5) is 18.9 Å². The van der Waals surface area contributed by atoms with Gasteiger partial charge in [0, 0.05) is 34.4 Å². The Morgan fingerprint density at radius 2 is 1.55 bits per heavy atom. The van der Waals surface area contributed by atoms with Crippen molar-refractivity contribution in [2.45, 2.75) is 35.7 Å². The third-order valence-corrected chi connectivity index (χ3v) is 7.06. The van der Waals surface area contributed by atoms with Crippen LogP contribution in [0.5, 0.6) is 0 Å². The van der Waals surface area contributed by atoms with Crippen molar-refractivity contribution >= 4 is 87.0 Å². The van der Waals surface area contributed by atoms with Crippen LogP contribution in [0.25, 0.3) is 0 Å². The van der Waals surface area contributed by atoms with Gasteiger partial charge in [-0.25, -0.2) is 0 Å². The van der Waals surface area contributed by atoms with E-state index in [2.05, 4.69) is 5.32 Å². The minimum atomic E-state index is -4.37. The summed E-state index contributed by atoms with van der Waals surface area (Å²) in [4.78, 5) is 25.3. The van der Waals surface area contributed by atoms with Crippen LogP contribution in [0.3, 0.4) is 0 Å². The van der Waals surface area contributed by atoms with Gasteiger partial charge in [0.05, 0.1) is 21.7 Å². The van der Waals surface area contributed by atoms with Crippen molar-refractivity contribution in [3.05, 3.63) is 61.5 Å². The lowest BCUT2D eigenvalue weighted by Gasteiger charge is -2.12. The van der Waals surface area contributed by atoms with Crippen LogP contribution >= 0.6 is 69.6 Å². The molecule has 178 valence electrons. The molecule has 1 aliphatic carbocycles. The highest BCUT2D eigenvalue weighted by atomic mass is 35.5. The van der Waals surface area contributed by atoms with Gasteiger partial charge < -0.3 is 5.32 Å². The molecule has 3 rings (SSSR count). The topological polar surface area (TPSA) is 46.2 Å². The van der Waals surface area contributed by atoms with E-state index in [0.29, 0.717) is 15.6 Å². The molecule has 0 spiro atoms. The highest BCUT2D eigenvalue weighted by Crippen LogP contribution is 2.65. The average Bonchev–Trinajstić information content (AvgIpc) is 3.24. The van der Waals surface area contributed by atoms with Gasteiger partial charge in [-0.2, -0.15) is 13.2 Å². The van der Waals surface area contributed by atoms with E-state index in [1.54, 1.807) is 12.1 Å². The maximum atomic E-state index is 12.9. The maximum absolute atomic E-state index is 12.9. The quantitative estimate of drug-likeness (QED) is 0.262. The molecule has 2 atom stereocenters.